The molecule has 2 aromatic rings. The highest BCUT2D eigenvalue weighted by atomic mass is 14.7. The van der Waals surface area contributed by atoms with E-state index in [0.29, 0.717) is 0 Å². The molecule has 0 bridgehead atoms. The minimum atomic E-state index is 1.10. The molecule has 0 spiro atoms. The van der Waals surface area contributed by atoms with Crippen molar-refractivity contribution in [2.75, 3.05) is 14.1 Å². The monoisotopic (exact) mass is 275 g/mol. The van der Waals surface area contributed by atoms with E-state index in [2.05, 4.69) is 36.1 Å². The Morgan fingerprint density at radius 1 is 0.800 bits per heavy atom. The molecule has 0 saturated carbocycles. The number of hydrogen-bond acceptors (Lipinski definition) is 3. The number of hydrogen-bond donors (Lipinski definition) is 1. The average molecular weight is 275 g/mol. The molecule has 0 aromatic carbocycles. The third-order valence-corrected chi connectivity index (χ3v) is 1.72. The van der Waals surface area contributed by atoms with Gasteiger partial charge in [0.1, 0.15) is 0 Å². The van der Waals surface area contributed by atoms with Crippen LogP contribution in [0.5, 0.6) is 0 Å². The lowest BCUT2D eigenvalue weighted by molar-refractivity contribution is 1.02. The van der Waals surface area contributed by atoms with Crippen LogP contribution in [0.1, 0.15) is 32.8 Å². The Balaban J connectivity index is 0. The summed E-state index contributed by atoms with van der Waals surface area (Å²) in [6.45, 7) is 6.38. The van der Waals surface area contributed by atoms with E-state index in [9.17, 15) is 0 Å². The maximum atomic E-state index is 3.89. The van der Waals surface area contributed by atoms with Crippen LogP contribution in [0, 0.1) is 0 Å². The molecule has 0 aliphatic carbocycles. The van der Waals surface area contributed by atoms with Crippen LogP contribution in [-0.4, -0.2) is 24.1 Å². The molecule has 0 aliphatic heterocycles. The van der Waals surface area contributed by atoms with Crippen molar-refractivity contribution in [2.45, 2.75) is 33.6 Å². The number of aromatic nitrogens is 2. The Bertz CT molecular complexity index is 320. The molecule has 20 heavy (non-hydrogen) atoms. The molecule has 3 nitrogen and oxygen atoms in total. The molecule has 112 valence electrons. The van der Waals surface area contributed by atoms with Gasteiger partial charge in [0.15, 0.2) is 0 Å². The van der Waals surface area contributed by atoms with Crippen molar-refractivity contribution in [2.24, 2.45) is 0 Å². The summed E-state index contributed by atoms with van der Waals surface area (Å²) in [7, 11) is 3.75. The first kappa shape index (κ1) is 20.6. The van der Waals surface area contributed by atoms with Crippen molar-refractivity contribution < 1.29 is 0 Å². The second-order valence-electron chi connectivity index (χ2n) is 3.94. The third kappa shape index (κ3) is 18.6. The molecule has 0 amide bonds. The van der Waals surface area contributed by atoms with Gasteiger partial charge in [-0.1, -0.05) is 33.3 Å². The van der Waals surface area contributed by atoms with Gasteiger partial charge in [-0.3, -0.25) is 9.97 Å². The highest BCUT2D eigenvalue weighted by Crippen LogP contribution is 1.94. The second kappa shape index (κ2) is 19.6. The fourth-order valence-corrected chi connectivity index (χ4v) is 0.931. The first-order valence-corrected chi connectivity index (χ1v) is 7.09. The summed E-state index contributed by atoms with van der Waals surface area (Å²) < 4.78 is 0. The molecule has 2 heterocycles. The van der Waals surface area contributed by atoms with Gasteiger partial charge in [0.25, 0.3) is 0 Å². The summed E-state index contributed by atoms with van der Waals surface area (Å²) in [5.41, 5.74) is 1.35. The maximum absolute atomic E-state index is 3.89. The lowest BCUT2D eigenvalue weighted by Gasteiger charge is -1.89. The van der Waals surface area contributed by atoms with Gasteiger partial charge in [-0.05, 0) is 50.3 Å². The molecule has 0 atom stereocenters. The Morgan fingerprint density at radius 3 is 1.40 bits per heavy atom. The lowest BCUT2D eigenvalue weighted by Crippen LogP contribution is -1.89. The number of rotatable bonds is 1. The third-order valence-electron chi connectivity index (χ3n) is 1.72. The first-order valence-electron chi connectivity index (χ1n) is 7.09. The molecule has 1 N–H and O–H groups in total. The van der Waals surface area contributed by atoms with Crippen LogP contribution in [-0.2, 0) is 6.42 Å². The number of pyridine rings is 2. The highest BCUT2D eigenvalue weighted by molar-refractivity contribution is 5.08. The van der Waals surface area contributed by atoms with Crippen LogP contribution in [0.25, 0.3) is 0 Å². The predicted octanol–water partition coefficient (Wildman–Crippen LogP) is 3.98. The van der Waals surface area contributed by atoms with Gasteiger partial charge >= 0.3 is 0 Å². The van der Waals surface area contributed by atoms with Crippen LogP contribution >= 0.6 is 0 Å². The van der Waals surface area contributed by atoms with Crippen LogP contribution in [0.15, 0.2) is 55.1 Å². The topological polar surface area (TPSA) is 37.8 Å². The molecule has 0 radical (unpaired) electrons. The zero-order chi connectivity index (χ0) is 15.5. The SMILES string of the molecule is CCC.CCc1ccncc1.CNC.c1ccncc1. The zero-order valence-electron chi connectivity index (χ0n) is 13.5. The van der Waals surface area contributed by atoms with Crippen molar-refractivity contribution >= 4 is 0 Å². The van der Waals surface area contributed by atoms with Crippen molar-refractivity contribution in [1.82, 2.24) is 15.3 Å². The van der Waals surface area contributed by atoms with E-state index in [1.54, 1.807) is 12.4 Å². The Labute approximate surface area is 124 Å². The summed E-state index contributed by atoms with van der Waals surface area (Å²) in [5, 5.41) is 2.75. The van der Waals surface area contributed by atoms with Gasteiger partial charge in [-0.2, -0.15) is 0 Å². The molecule has 0 saturated heterocycles. The molecule has 0 fully saturated rings. The molecule has 3 heteroatoms. The smallest absolute Gasteiger partial charge is 0.0270 e. The number of aryl methyl sites for hydroxylation is 1. The minimum Gasteiger partial charge on any atom is -0.323 e. The summed E-state index contributed by atoms with van der Waals surface area (Å²) in [6.07, 6.45) is 9.49. The number of nitrogens with zero attached hydrogens (tertiary/aromatic N) is 2. The quantitative estimate of drug-likeness (QED) is 0.855. The minimum absolute atomic E-state index is 1.10. The van der Waals surface area contributed by atoms with Crippen molar-refractivity contribution in [1.29, 1.82) is 0 Å². The van der Waals surface area contributed by atoms with E-state index in [1.807, 2.05) is 56.8 Å². The highest BCUT2D eigenvalue weighted by Gasteiger charge is 1.80. The fraction of sp³-hybridized carbons (Fsp3) is 0.412. The van der Waals surface area contributed by atoms with Crippen molar-refractivity contribution in [3.63, 3.8) is 0 Å². The molecular weight excluding hydrogens is 246 g/mol. The summed E-state index contributed by atoms with van der Waals surface area (Å²) >= 11 is 0. The van der Waals surface area contributed by atoms with E-state index < -0.39 is 0 Å². The van der Waals surface area contributed by atoms with Crippen LogP contribution in [0.2, 0.25) is 0 Å². The van der Waals surface area contributed by atoms with E-state index in [4.69, 9.17) is 0 Å². The largest absolute Gasteiger partial charge is 0.323 e. The zero-order valence-corrected chi connectivity index (χ0v) is 13.5. The Kier molecular flexibility index (Phi) is 20.2. The lowest BCUT2D eigenvalue weighted by atomic mass is 10.2. The Hall–Kier alpha value is -1.74. The molecule has 2 rings (SSSR count). The average Bonchev–Trinajstić information content (AvgIpc) is 2.52. The maximum Gasteiger partial charge on any atom is 0.0270 e. The molecule has 2 aromatic heterocycles. The van der Waals surface area contributed by atoms with Crippen molar-refractivity contribution in [3.05, 3.63) is 60.7 Å². The fourth-order valence-electron chi connectivity index (χ4n) is 0.931. The van der Waals surface area contributed by atoms with Gasteiger partial charge < -0.3 is 5.32 Å². The summed E-state index contributed by atoms with van der Waals surface area (Å²) in [4.78, 5) is 7.68. The van der Waals surface area contributed by atoms with E-state index in [-0.39, 0.29) is 0 Å². The van der Waals surface area contributed by atoms with Crippen LogP contribution < -0.4 is 5.32 Å². The first-order chi connectivity index (χ1) is 9.76. The number of nitrogens with one attached hydrogen (secondary N) is 1. The van der Waals surface area contributed by atoms with Gasteiger partial charge in [-0.15, -0.1) is 0 Å². The Morgan fingerprint density at radius 2 is 1.20 bits per heavy atom. The molecule has 0 aliphatic rings. The van der Waals surface area contributed by atoms with Gasteiger partial charge in [0.2, 0.25) is 0 Å². The van der Waals surface area contributed by atoms with Crippen molar-refractivity contribution in [3.8, 4) is 0 Å². The van der Waals surface area contributed by atoms with Gasteiger partial charge in [0, 0.05) is 24.8 Å². The van der Waals surface area contributed by atoms with E-state index in [0.717, 1.165) is 6.42 Å². The van der Waals surface area contributed by atoms with E-state index >= 15 is 0 Å². The molecule has 0 unspecified atom stereocenters. The van der Waals surface area contributed by atoms with Crippen LogP contribution in [0.4, 0.5) is 0 Å². The molecular formula is C17H29N3. The van der Waals surface area contributed by atoms with Crippen LogP contribution in [0.3, 0.4) is 0 Å². The standard InChI is InChI=1S/C7H9N.C5H5N.C3H8.C2H7N/c1-2-7-3-5-8-6-4-7;1-2-4-6-5-3-1;2*1-3-2/h3-6H,2H2,1H3;1-5H;3H2,1-2H3;3H,1-2H3. The van der Waals surface area contributed by atoms with Gasteiger partial charge in [-0.25, -0.2) is 0 Å². The predicted molar refractivity (Wildman–Crippen MR) is 88.8 cm³/mol. The summed E-state index contributed by atoms with van der Waals surface area (Å²) in [6, 6.07) is 9.77. The second-order valence-corrected chi connectivity index (χ2v) is 3.94. The normalized spacial score (nSPS) is 7.85. The van der Waals surface area contributed by atoms with Gasteiger partial charge in [0.05, 0.1) is 0 Å². The summed E-state index contributed by atoms with van der Waals surface area (Å²) in [5.74, 6) is 0. The van der Waals surface area contributed by atoms with E-state index in [1.165, 1.54) is 12.0 Å².